The molecule has 0 bridgehead atoms. The van der Waals surface area contributed by atoms with Gasteiger partial charge in [-0.1, -0.05) is 12.1 Å². The first-order valence-electron chi connectivity index (χ1n) is 11.0. The number of sulfonamides is 1. The van der Waals surface area contributed by atoms with Crippen molar-refractivity contribution in [1.29, 1.82) is 5.26 Å². The molecule has 3 aromatic rings. The smallest absolute Gasteiger partial charge is 0.261 e. The van der Waals surface area contributed by atoms with Crippen LogP contribution in [0, 0.1) is 11.3 Å². The van der Waals surface area contributed by atoms with Crippen molar-refractivity contribution in [3.63, 3.8) is 0 Å². The molecule has 8 heteroatoms. The number of carbonyl (C=O) groups is 1. The van der Waals surface area contributed by atoms with Crippen molar-refractivity contribution in [3.05, 3.63) is 83.4 Å². The zero-order chi connectivity index (χ0) is 24.1. The molecule has 1 N–H and O–H groups in total. The molecule has 0 spiro atoms. The Morgan fingerprint density at radius 1 is 1.09 bits per heavy atom. The van der Waals surface area contributed by atoms with E-state index in [-0.39, 0.29) is 10.8 Å². The quantitative estimate of drug-likeness (QED) is 0.550. The van der Waals surface area contributed by atoms with Crippen LogP contribution in [0.15, 0.2) is 71.6 Å². The number of ether oxygens (including phenoxy) is 1. The standard InChI is InChI=1S/C26H25N3O4S/c1-33-23-10-12-24(13-11-23)34(31,32)28-22-9-14-25-21(17-22)3-2-16-29(25)26(30)15-8-19-4-6-20(18-27)7-5-19/h4-7,9-14,17,28H,2-3,8,15-16H2,1H3. The molecule has 0 unspecified atom stereocenters. The first-order valence-corrected chi connectivity index (χ1v) is 12.5. The van der Waals surface area contributed by atoms with Gasteiger partial charge < -0.3 is 9.64 Å². The van der Waals surface area contributed by atoms with E-state index in [1.54, 1.807) is 47.4 Å². The maximum absolute atomic E-state index is 13.0. The Kier molecular flexibility index (Phi) is 6.85. The topological polar surface area (TPSA) is 99.5 Å². The highest BCUT2D eigenvalue weighted by atomic mass is 32.2. The van der Waals surface area contributed by atoms with Crippen LogP contribution in [0.1, 0.15) is 29.5 Å². The lowest BCUT2D eigenvalue weighted by atomic mass is 10.00. The van der Waals surface area contributed by atoms with E-state index in [1.165, 1.54) is 19.2 Å². The highest BCUT2D eigenvalue weighted by Crippen LogP contribution is 2.31. The second kappa shape index (κ2) is 9.98. The van der Waals surface area contributed by atoms with Crippen LogP contribution in [0.5, 0.6) is 5.75 Å². The number of methoxy groups -OCH3 is 1. The summed E-state index contributed by atoms with van der Waals surface area (Å²) in [6, 6.07) is 20.8. The molecule has 1 aliphatic rings. The van der Waals surface area contributed by atoms with Gasteiger partial charge in [0.1, 0.15) is 5.75 Å². The lowest BCUT2D eigenvalue weighted by molar-refractivity contribution is -0.118. The average Bonchev–Trinajstić information content (AvgIpc) is 2.87. The summed E-state index contributed by atoms with van der Waals surface area (Å²) in [7, 11) is -2.22. The van der Waals surface area contributed by atoms with Gasteiger partial charge in [-0.05, 0) is 85.0 Å². The van der Waals surface area contributed by atoms with Crippen molar-refractivity contribution in [2.75, 3.05) is 23.3 Å². The van der Waals surface area contributed by atoms with Crippen molar-refractivity contribution in [3.8, 4) is 11.8 Å². The van der Waals surface area contributed by atoms with Gasteiger partial charge in [0.05, 0.1) is 23.6 Å². The van der Waals surface area contributed by atoms with Crippen LogP contribution in [-0.4, -0.2) is 28.0 Å². The third-order valence-electron chi connectivity index (χ3n) is 5.83. The number of nitriles is 1. The highest BCUT2D eigenvalue weighted by Gasteiger charge is 2.23. The first-order chi connectivity index (χ1) is 16.4. The number of aryl methyl sites for hydroxylation is 2. The summed E-state index contributed by atoms with van der Waals surface area (Å²) >= 11 is 0. The molecule has 0 fully saturated rings. The van der Waals surface area contributed by atoms with Gasteiger partial charge in [0, 0.05) is 24.3 Å². The van der Waals surface area contributed by atoms with Crippen LogP contribution in [0.2, 0.25) is 0 Å². The molecular weight excluding hydrogens is 450 g/mol. The largest absolute Gasteiger partial charge is 0.497 e. The van der Waals surface area contributed by atoms with E-state index in [0.717, 1.165) is 29.7 Å². The molecule has 0 atom stereocenters. The molecule has 0 radical (unpaired) electrons. The van der Waals surface area contributed by atoms with E-state index < -0.39 is 10.0 Å². The van der Waals surface area contributed by atoms with Gasteiger partial charge in [-0.15, -0.1) is 0 Å². The fraction of sp³-hybridized carbons (Fsp3) is 0.231. The summed E-state index contributed by atoms with van der Waals surface area (Å²) in [5.41, 5.74) is 3.82. The number of nitrogens with one attached hydrogen (secondary N) is 1. The minimum atomic E-state index is -3.75. The Morgan fingerprint density at radius 2 is 1.82 bits per heavy atom. The lowest BCUT2D eigenvalue weighted by Gasteiger charge is -2.30. The van der Waals surface area contributed by atoms with Gasteiger partial charge in [0.15, 0.2) is 0 Å². The van der Waals surface area contributed by atoms with Crippen LogP contribution in [0.3, 0.4) is 0 Å². The summed E-state index contributed by atoms with van der Waals surface area (Å²) in [6.45, 7) is 0.635. The molecule has 0 aromatic heterocycles. The first kappa shape index (κ1) is 23.3. The van der Waals surface area contributed by atoms with Crippen LogP contribution >= 0.6 is 0 Å². The maximum Gasteiger partial charge on any atom is 0.261 e. The molecule has 0 aliphatic carbocycles. The number of hydrogen-bond acceptors (Lipinski definition) is 5. The summed E-state index contributed by atoms with van der Waals surface area (Å²) in [4.78, 5) is 14.9. The molecule has 1 amide bonds. The van der Waals surface area contributed by atoms with E-state index in [2.05, 4.69) is 10.8 Å². The summed E-state index contributed by atoms with van der Waals surface area (Å²) in [6.07, 6.45) is 2.53. The zero-order valence-corrected chi connectivity index (χ0v) is 19.6. The van der Waals surface area contributed by atoms with Gasteiger partial charge in [0.2, 0.25) is 5.91 Å². The highest BCUT2D eigenvalue weighted by molar-refractivity contribution is 7.92. The molecule has 0 saturated carbocycles. The average molecular weight is 476 g/mol. The van der Waals surface area contributed by atoms with Crippen LogP contribution < -0.4 is 14.4 Å². The number of nitrogens with zero attached hydrogens (tertiary/aromatic N) is 2. The molecule has 174 valence electrons. The summed E-state index contributed by atoms with van der Waals surface area (Å²) < 4.78 is 33.2. The van der Waals surface area contributed by atoms with Gasteiger partial charge in [0.25, 0.3) is 10.0 Å². The van der Waals surface area contributed by atoms with Crippen molar-refractivity contribution in [2.45, 2.75) is 30.6 Å². The fourth-order valence-electron chi connectivity index (χ4n) is 4.02. The van der Waals surface area contributed by atoms with Crippen LogP contribution in [0.4, 0.5) is 11.4 Å². The molecular formula is C26H25N3O4S. The predicted octanol–water partition coefficient (Wildman–Crippen LogP) is 4.28. The van der Waals surface area contributed by atoms with E-state index in [4.69, 9.17) is 10.00 Å². The second-order valence-electron chi connectivity index (χ2n) is 8.08. The van der Waals surface area contributed by atoms with Crippen molar-refractivity contribution in [2.24, 2.45) is 0 Å². The normalized spacial score (nSPS) is 13.0. The molecule has 34 heavy (non-hydrogen) atoms. The van der Waals surface area contributed by atoms with Crippen molar-refractivity contribution in [1.82, 2.24) is 0 Å². The monoisotopic (exact) mass is 475 g/mol. The Balaban J connectivity index is 1.46. The SMILES string of the molecule is COc1ccc(S(=O)(=O)Nc2ccc3c(c2)CCCN3C(=O)CCc2ccc(C#N)cc2)cc1. The third kappa shape index (κ3) is 5.21. The Hall–Kier alpha value is -3.83. The third-order valence-corrected chi connectivity index (χ3v) is 7.23. The van der Waals surface area contributed by atoms with Gasteiger partial charge >= 0.3 is 0 Å². The van der Waals surface area contributed by atoms with Gasteiger partial charge in [-0.3, -0.25) is 9.52 Å². The van der Waals surface area contributed by atoms with Gasteiger partial charge in [-0.2, -0.15) is 5.26 Å². The van der Waals surface area contributed by atoms with E-state index >= 15 is 0 Å². The fourth-order valence-corrected chi connectivity index (χ4v) is 5.07. The zero-order valence-electron chi connectivity index (χ0n) is 18.8. The number of hydrogen-bond donors (Lipinski definition) is 1. The summed E-state index contributed by atoms with van der Waals surface area (Å²) in [5.74, 6) is 0.605. The minimum Gasteiger partial charge on any atom is -0.497 e. The molecule has 3 aromatic carbocycles. The number of fused-ring (bicyclic) bond motifs is 1. The molecule has 7 nitrogen and oxygen atoms in total. The number of carbonyl (C=O) groups excluding carboxylic acids is 1. The molecule has 1 heterocycles. The Morgan fingerprint density at radius 3 is 2.50 bits per heavy atom. The Bertz CT molecular complexity index is 1330. The lowest BCUT2D eigenvalue weighted by Crippen LogP contribution is -2.35. The second-order valence-corrected chi connectivity index (χ2v) is 9.76. The molecule has 0 saturated heterocycles. The van der Waals surface area contributed by atoms with Crippen molar-refractivity contribution >= 4 is 27.3 Å². The number of anilines is 2. The molecule has 1 aliphatic heterocycles. The van der Waals surface area contributed by atoms with E-state index in [0.29, 0.717) is 36.4 Å². The van der Waals surface area contributed by atoms with E-state index in [1.807, 2.05) is 12.1 Å². The number of benzene rings is 3. The Labute approximate surface area is 199 Å². The summed E-state index contributed by atoms with van der Waals surface area (Å²) in [5, 5.41) is 8.92. The van der Waals surface area contributed by atoms with E-state index in [9.17, 15) is 13.2 Å². The number of rotatable bonds is 7. The van der Waals surface area contributed by atoms with Gasteiger partial charge in [-0.25, -0.2) is 8.42 Å². The maximum atomic E-state index is 13.0. The minimum absolute atomic E-state index is 0.0249. The van der Waals surface area contributed by atoms with Crippen LogP contribution in [0.25, 0.3) is 0 Å². The predicted molar refractivity (Wildman–Crippen MR) is 130 cm³/mol. The van der Waals surface area contributed by atoms with Crippen molar-refractivity contribution < 1.29 is 17.9 Å². The van der Waals surface area contributed by atoms with Crippen LogP contribution in [-0.2, 0) is 27.7 Å². The number of amides is 1. The molecule has 4 rings (SSSR count).